The molecule has 1 heterocycles. The number of hydrogen-bond acceptors (Lipinski definition) is 2. The Labute approximate surface area is 107 Å². The van der Waals surface area contributed by atoms with Crippen molar-refractivity contribution in [2.24, 2.45) is 0 Å². The van der Waals surface area contributed by atoms with Crippen molar-refractivity contribution in [3.8, 4) is 11.8 Å². The van der Waals surface area contributed by atoms with E-state index in [0.29, 0.717) is 11.3 Å². The Morgan fingerprint density at radius 2 is 1.89 bits per heavy atom. The third kappa shape index (κ3) is 2.32. The van der Waals surface area contributed by atoms with Crippen LogP contribution in [0.5, 0.6) is 0 Å². The molecule has 0 fully saturated rings. The van der Waals surface area contributed by atoms with Crippen molar-refractivity contribution in [2.45, 2.75) is 20.0 Å². The summed E-state index contributed by atoms with van der Waals surface area (Å²) in [5.74, 6) is 0. The standard InChI is InChI=1S/C13H10F3N3/c1-8-9(2)12(4-3-10(8)5-17)19-7-11(6-18-19)13(14,15)16/h3-4,6-7H,1-2H3. The molecule has 3 nitrogen and oxygen atoms in total. The van der Waals surface area contributed by atoms with E-state index in [0.717, 1.165) is 23.5 Å². The van der Waals surface area contributed by atoms with Crippen molar-refractivity contribution >= 4 is 0 Å². The molecule has 1 aromatic carbocycles. The molecule has 0 atom stereocenters. The number of alkyl halides is 3. The molecule has 1 aromatic heterocycles. The number of rotatable bonds is 1. The van der Waals surface area contributed by atoms with Crippen molar-refractivity contribution in [1.29, 1.82) is 5.26 Å². The van der Waals surface area contributed by atoms with Crippen LogP contribution >= 0.6 is 0 Å². The van der Waals surface area contributed by atoms with Gasteiger partial charge in [0.15, 0.2) is 0 Å². The van der Waals surface area contributed by atoms with E-state index in [4.69, 9.17) is 5.26 Å². The number of benzene rings is 1. The highest BCUT2D eigenvalue weighted by atomic mass is 19.4. The van der Waals surface area contributed by atoms with Crippen LogP contribution in [0.15, 0.2) is 24.5 Å². The largest absolute Gasteiger partial charge is 0.419 e. The first-order valence-electron chi connectivity index (χ1n) is 5.47. The molecule has 0 aliphatic heterocycles. The minimum atomic E-state index is -4.41. The maximum atomic E-state index is 12.5. The molecule has 6 heteroatoms. The molecule has 0 aliphatic carbocycles. The molecule has 98 valence electrons. The predicted octanol–water partition coefficient (Wildman–Crippen LogP) is 3.38. The quantitative estimate of drug-likeness (QED) is 0.793. The Hall–Kier alpha value is -2.29. The van der Waals surface area contributed by atoms with E-state index in [-0.39, 0.29) is 0 Å². The normalized spacial score (nSPS) is 11.4. The summed E-state index contributed by atoms with van der Waals surface area (Å²) in [6.45, 7) is 3.51. The molecule has 2 aromatic rings. The second-order valence-electron chi connectivity index (χ2n) is 4.17. The molecule has 0 saturated carbocycles. The summed E-state index contributed by atoms with van der Waals surface area (Å²) in [5.41, 5.74) is 1.71. The Morgan fingerprint density at radius 1 is 1.21 bits per heavy atom. The lowest BCUT2D eigenvalue weighted by Crippen LogP contribution is -2.04. The monoisotopic (exact) mass is 265 g/mol. The summed E-state index contributed by atoms with van der Waals surface area (Å²) in [6, 6.07) is 5.20. The van der Waals surface area contributed by atoms with Gasteiger partial charge in [-0.05, 0) is 37.1 Å². The van der Waals surface area contributed by atoms with Gasteiger partial charge >= 0.3 is 6.18 Å². The van der Waals surface area contributed by atoms with E-state index in [1.54, 1.807) is 26.0 Å². The second-order valence-corrected chi connectivity index (χ2v) is 4.17. The summed E-state index contributed by atoms with van der Waals surface area (Å²) < 4.78 is 38.7. The van der Waals surface area contributed by atoms with E-state index in [1.165, 1.54) is 4.68 Å². The highest BCUT2D eigenvalue weighted by Crippen LogP contribution is 2.30. The third-order valence-corrected chi connectivity index (χ3v) is 3.04. The van der Waals surface area contributed by atoms with E-state index >= 15 is 0 Å². The zero-order valence-electron chi connectivity index (χ0n) is 10.3. The Balaban J connectivity index is 2.52. The van der Waals surface area contributed by atoms with Gasteiger partial charge in [-0.15, -0.1) is 0 Å². The first-order valence-corrected chi connectivity index (χ1v) is 5.47. The van der Waals surface area contributed by atoms with Crippen LogP contribution in [0.2, 0.25) is 0 Å². The zero-order valence-corrected chi connectivity index (χ0v) is 10.3. The van der Waals surface area contributed by atoms with Crippen LogP contribution in [0.4, 0.5) is 13.2 Å². The fourth-order valence-corrected chi connectivity index (χ4v) is 1.78. The fraction of sp³-hybridized carbons (Fsp3) is 0.231. The third-order valence-electron chi connectivity index (χ3n) is 3.04. The van der Waals surface area contributed by atoms with Crippen molar-refractivity contribution in [3.63, 3.8) is 0 Å². The van der Waals surface area contributed by atoms with Gasteiger partial charge in [0, 0.05) is 6.20 Å². The summed E-state index contributed by atoms with van der Waals surface area (Å²) in [7, 11) is 0. The van der Waals surface area contributed by atoms with E-state index in [1.807, 2.05) is 6.07 Å². The van der Waals surface area contributed by atoms with Crippen molar-refractivity contribution in [1.82, 2.24) is 9.78 Å². The number of hydrogen-bond donors (Lipinski definition) is 0. The molecule has 0 N–H and O–H groups in total. The average molecular weight is 265 g/mol. The van der Waals surface area contributed by atoms with E-state index in [2.05, 4.69) is 5.10 Å². The number of aromatic nitrogens is 2. The molecule has 0 spiro atoms. The lowest BCUT2D eigenvalue weighted by molar-refractivity contribution is -0.137. The molecular weight excluding hydrogens is 255 g/mol. The minimum absolute atomic E-state index is 0.504. The zero-order chi connectivity index (χ0) is 14.2. The lowest BCUT2D eigenvalue weighted by atomic mass is 10.0. The lowest BCUT2D eigenvalue weighted by Gasteiger charge is -2.10. The first kappa shape index (κ1) is 13.1. The van der Waals surface area contributed by atoms with Gasteiger partial charge in [0.2, 0.25) is 0 Å². The van der Waals surface area contributed by atoms with Gasteiger partial charge in [0.05, 0.1) is 29.1 Å². The van der Waals surface area contributed by atoms with Crippen molar-refractivity contribution in [3.05, 3.63) is 46.8 Å². The summed E-state index contributed by atoms with van der Waals surface area (Å²) in [6.07, 6.45) is -2.69. The fourth-order valence-electron chi connectivity index (χ4n) is 1.78. The maximum absolute atomic E-state index is 12.5. The summed E-state index contributed by atoms with van der Waals surface area (Å²) in [5, 5.41) is 12.6. The molecule has 0 unspecified atom stereocenters. The number of nitrogens with zero attached hydrogens (tertiary/aromatic N) is 3. The highest BCUT2D eigenvalue weighted by Gasteiger charge is 2.32. The van der Waals surface area contributed by atoms with E-state index < -0.39 is 11.7 Å². The Bertz CT molecular complexity index is 663. The van der Waals surface area contributed by atoms with Crippen LogP contribution in [0.1, 0.15) is 22.3 Å². The second kappa shape index (κ2) is 4.43. The highest BCUT2D eigenvalue weighted by molar-refractivity contribution is 5.52. The molecule has 0 radical (unpaired) electrons. The van der Waals surface area contributed by atoms with Crippen molar-refractivity contribution < 1.29 is 13.2 Å². The number of nitriles is 1. The molecule has 19 heavy (non-hydrogen) atoms. The van der Waals surface area contributed by atoms with Crippen LogP contribution < -0.4 is 0 Å². The minimum Gasteiger partial charge on any atom is -0.240 e. The van der Waals surface area contributed by atoms with Crippen LogP contribution in [-0.2, 0) is 6.18 Å². The van der Waals surface area contributed by atoms with Gasteiger partial charge in [-0.1, -0.05) is 0 Å². The van der Waals surface area contributed by atoms with Gasteiger partial charge in [-0.2, -0.15) is 23.5 Å². The summed E-state index contributed by atoms with van der Waals surface area (Å²) in [4.78, 5) is 0. The molecule has 0 bridgehead atoms. The van der Waals surface area contributed by atoms with Gasteiger partial charge in [0.1, 0.15) is 0 Å². The molecule has 2 rings (SSSR count). The van der Waals surface area contributed by atoms with Gasteiger partial charge in [-0.3, -0.25) is 0 Å². The van der Waals surface area contributed by atoms with Crippen LogP contribution in [0.3, 0.4) is 0 Å². The van der Waals surface area contributed by atoms with Crippen LogP contribution in [0, 0.1) is 25.2 Å². The maximum Gasteiger partial charge on any atom is 0.419 e. The first-order chi connectivity index (χ1) is 8.84. The van der Waals surface area contributed by atoms with Gasteiger partial charge < -0.3 is 0 Å². The molecular formula is C13H10F3N3. The molecule has 0 amide bonds. The van der Waals surface area contributed by atoms with Gasteiger partial charge in [0.25, 0.3) is 0 Å². The molecule has 0 saturated heterocycles. The summed E-state index contributed by atoms with van der Waals surface area (Å²) >= 11 is 0. The topological polar surface area (TPSA) is 41.6 Å². The average Bonchev–Trinajstić information content (AvgIpc) is 2.81. The van der Waals surface area contributed by atoms with Gasteiger partial charge in [-0.25, -0.2) is 4.68 Å². The predicted molar refractivity (Wildman–Crippen MR) is 62.8 cm³/mol. The number of halogens is 3. The Morgan fingerprint density at radius 3 is 2.42 bits per heavy atom. The van der Waals surface area contributed by atoms with Crippen LogP contribution in [-0.4, -0.2) is 9.78 Å². The van der Waals surface area contributed by atoms with Crippen molar-refractivity contribution in [2.75, 3.05) is 0 Å². The molecule has 0 aliphatic rings. The Kier molecular flexibility index (Phi) is 3.06. The SMILES string of the molecule is Cc1c(C#N)ccc(-n2cc(C(F)(F)F)cn2)c1C. The van der Waals surface area contributed by atoms with E-state index in [9.17, 15) is 13.2 Å². The van der Waals surface area contributed by atoms with Crippen LogP contribution in [0.25, 0.3) is 5.69 Å². The smallest absolute Gasteiger partial charge is 0.240 e.